The second-order valence-corrected chi connectivity index (χ2v) is 11.4. The highest BCUT2D eigenvalue weighted by Gasteiger charge is 2.39. The predicted octanol–water partition coefficient (Wildman–Crippen LogP) is 4.79. The number of morpholine rings is 1. The normalized spacial score (nSPS) is 15.3. The molecule has 4 heterocycles. The summed E-state index contributed by atoms with van der Waals surface area (Å²) in [5.74, 6) is -0.820. The van der Waals surface area contributed by atoms with Crippen molar-refractivity contribution in [2.75, 3.05) is 45.3 Å². The average Bonchev–Trinajstić information content (AvgIpc) is 3.40. The molecule has 1 amide bonds. The van der Waals surface area contributed by atoms with Gasteiger partial charge in [-0.05, 0) is 51.1 Å². The molecule has 0 saturated carbocycles. The van der Waals surface area contributed by atoms with Gasteiger partial charge >= 0.3 is 0 Å². The van der Waals surface area contributed by atoms with Crippen LogP contribution in [-0.4, -0.2) is 71.1 Å². The first-order valence-corrected chi connectivity index (χ1v) is 14.4. The maximum atomic E-state index is 14.5. The van der Waals surface area contributed by atoms with Crippen molar-refractivity contribution in [3.63, 3.8) is 0 Å². The van der Waals surface area contributed by atoms with Gasteiger partial charge in [0.25, 0.3) is 5.91 Å². The van der Waals surface area contributed by atoms with Crippen LogP contribution in [0.5, 0.6) is 11.5 Å². The third-order valence-electron chi connectivity index (χ3n) is 7.86. The molecular formula is C32H34F2N6O4. The number of nitrogens with zero attached hydrogens (tertiary/aromatic N) is 4. The van der Waals surface area contributed by atoms with Gasteiger partial charge < -0.3 is 30.2 Å². The smallest absolute Gasteiger partial charge is 0.275 e. The van der Waals surface area contributed by atoms with Crippen LogP contribution in [0.1, 0.15) is 36.3 Å². The molecular weight excluding hydrogens is 570 g/mol. The molecule has 230 valence electrons. The molecule has 0 atom stereocenters. The standard InChI is InChI=1S/C32H34F2N6O4/c1-32(2)18-43-8-7-39(32)31(41)29-26-17-44-28-14-27(42-3)24(19-9-22(16-36-15-19)37-6-4-5-35)13-25(28)30(26)40(38-29)23-11-20(33)10-21(34)12-23/h9-16,37H,4-8,17-18,35H2,1-3H3. The topological polar surface area (TPSA) is 117 Å². The summed E-state index contributed by atoms with van der Waals surface area (Å²) in [6, 6.07) is 8.74. The molecule has 0 radical (unpaired) electrons. The van der Waals surface area contributed by atoms with Gasteiger partial charge in [0.05, 0.1) is 42.9 Å². The van der Waals surface area contributed by atoms with Crippen LogP contribution in [0.4, 0.5) is 14.5 Å². The lowest BCUT2D eigenvalue weighted by Crippen LogP contribution is -2.55. The second kappa shape index (κ2) is 11.9. The highest BCUT2D eigenvalue weighted by Crippen LogP contribution is 2.46. The summed E-state index contributed by atoms with van der Waals surface area (Å²) in [7, 11) is 1.57. The Balaban J connectivity index is 1.53. The van der Waals surface area contributed by atoms with E-state index in [0.717, 1.165) is 23.7 Å². The molecule has 6 rings (SSSR count). The lowest BCUT2D eigenvalue weighted by atomic mass is 9.95. The Kier molecular flexibility index (Phi) is 7.95. The number of rotatable bonds is 8. The lowest BCUT2D eigenvalue weighted by Gasteiger charge is -2.41. The zero-order valence-electron chi connectivity index (χ0n) is 24.8. The van der Waals surface area contributed by atoms with E-state index in [1.54, 1.807) is 30.5 Å². The van der Waals surface area contributed by atoms with Crippen molar-refractivity contribution in [1.29, 1.82) is 0 Å². The van der Waals surface area contributed by atoms with Crippen LogP contribution >= 0.6 is 0 Å². The number of ether oxygens (including phenoxy) is 3. The Morgan fingerprint density at radius 3 is 2.64 bits per heavy atom. The van der Waals surface area contributed by atoms with Crippen LogP contribution in [0.2, 0.25) is 0 Å². The number of fused-ring (bicyclic) bond motifs is 3. The molecule has 12 heteroatoms. The largest absolute Gasteiger partial charge is 0.496 e. The third kappa shape index (κ3) is 5.46. The van der Waals surface area contributed by atoms with Crippen molar-refractivity contribution in [2.24, 2.45) is 5.73 Å². The number of halogens is 2. The van der Waals surface area contributed by atoms with E-state index in [4.69, 9.17) is 25.0 Å². The van der Waals surface area contributed by atoms with E-state index < -0.39 is 17.2 Å². The molecule has 0 spiro atoms. The Hall–Kier alpha value is -4.55. The summed E-state index contributed by atoms with van der Waals surface area (Å²) in [6.07, 6.45) is 4.25. The highest BCUT2D eigenvalue weighted by molar-refractivity contribution is 5.97. The molecule has 0 bridgehead atoms. The lowest BCUT2D eigenvalue weighted by molar-refractivity contribution is -0.0374. The van der Waals surface area contributed by atoms with Gasteiger partial charge in [0.2, 0.25) is 0 Å². The molecule has 2 aliphatic rings. The molecule has 0 aliphatic carbocycles. The molecule has 10 nitrogen and oxygen atoms in total. The number of pyridine rings is 1. The Morgan fingerprint density at radius 1 is 1.11 bits per heavy atom. The number of carbonyl (C=O) groups excluding carboxylic acids is 1. The fraction of sp³-hybridized carbons (Fsp3) is 0.344. The van der Waals surface area contributed by atoms with Crippen molar-refractivity contribution in [2.45, 2.75) is 32.4 Å². The van der Waals surface area contributed by atoms with Gasteiger partial charge in [0, 0.05) is 59.9 Å². The summed E-state index contributed by atoms with van der Waals surface area (Å²) in [5, 5.41) is 8.01. The van der Waals surface area contributed by atoms with E-state index in [0.29, 0.717) is 66.7 Å². The van der Waals surface area contributed by atoms with Crippen LogP contribution in [0, 0.1) is 11.6 Å². The monoisotopic (exact) mass is 604 g/mol. The van der Waals surface area contributed by atoms with Crippen molar-refractivity contribution in [1.82, 2.24) is 19.7 Å². The summed E-state index contributed by atoms with van der Waals surface area (Å²) in [6.45, 7) is 6.27. The Labute approximate surface area is 253 Å². The van der Waals surface area contributed by atoms with Crippen molar-refractivity contribution in [3.8, 4) is 39.6 Å². The number of hydrogen-bond donors (Lipinski definition) is 2. The first-order valence-electron chi connectivity index (χ1n) is 14.4. The maximum Gasteiger partial charge on any atom is 0.275 e. The fourth-order valence-electron chi connectivity index (χ4n) is 5.68. The first-order chi connectivity index (χ1) is 21.2. The van der Waals surface area contributed by atoms with Gasteiger partial charge in [0.1, 0.15) is 29.7 Å². The van der Waals surface area contributed by atoms with E-state index in [1.165, 1.54) is 16.8 Å². The molecule has 4 aromatic rings. The minimum atomic E-state index is -0.765. The van der Waals surface area contributed by atoms with Gasteiger partial charge in [-0.3, -0.25) is 9.78 Å². The van der Waals surface area contributed by atoms with Crippen molar-refractivity contribution >= 4 is 11.6 Å². The molecule has 2 aromatic heterocycles. The van der Waals surface area contributed by atoms with E-state index in [-0.39, 0.29) is 23.9 Å². The van der Waals surface area contributed by atoms with Gasteiger partial charge in [0.15, 0.2) is 5.69 Å². The minimum Gasteiger partial charge on any atom is -0.496 e. The Morgan fingerprint density at radius 2 is 1.91 bits per heavy atom. The molecule has 1 fully saturated rings. The summed E-state index contributed by atoms with van der Waals surface area (Å²) < 4.78 is 48.0. The van der Waals surface area contributed by atoms with E-state index in [2.05, 4.69) is 10.3 Å². The molecule has 2 aliphatic heterocycles. The van der Waals surface area contributed by atoms with E-state index in [9.17, 15) is 13.6 Å². The number of anilines is 1. The number of nitrogens with two attached hydrogens (primary N) is 1. The number of aromatic nitrogens is 3. The van der Waals surface area contributed by atoms with Crippen LogP contribution in [0.25, 0.3) is 28.1 Å². The highest BCUT2D eigenvalue weighted by atomic mass is 19.1. The predicted molar refractivity (Wildman–Crippen MR) is 161 cm³/mol. The van der Waals surface area contributed by atoms with E-state index in [1.807, 2.05) is 26.0 Å². The molecule has 3 N–H and O–H groups in total. The number of benzene rings is 2. The summed E-state index contributed by atoms with van der Waals surface area (Å²) in [5.41, 5.74) is 9.23. The number of amides is 1. The minimum absolute atomic E-state index is 0.0244. The summed E-state index contributed by atoms with van der Waals surface area (Å²) >= 11 is 0. The molecule has 0 unspecified atom stereocenters. The fourth-order valence-corrected chi connectivity index (χ4v) is 5.68. The van der Waals surface area contributed by atoms with Crippen LogP contribution in [0.15, 0.2) is 48.8 Å². The number of nitrogens with one attached hydrogen (secondary N) is 1. The number of methoxy groups -OCH3 is 1. The van der Waals surface area contributed by atoms with Crippen molar-refractivity contribution in [3.05, 3.63) is 71.7 Å². The molecule has 44 heavy (non-hydrogen) atoms. The van der Waals surface area contributed by atoms with Gasteiger partial charge in [-0.1, -0.05) is 0 Å². The van der Waals surface area contributed by atoms with E-state index >= 15 is 0 Å². The van der Waals surface area contributed by atoms with Crippen LogP contribution in [0.3, 0.4) is 0 Å². The number of carbonyl (C=O) groups is 1. The van der Waals surface area contributed by atoms with Crippen LogP contribution in [-0.2, 0) is 11.3 Å². The Bertz CT molecular complexity index is 1700. The zero-order valence-corrected chi connectivity index (χ0v) is 24.8. The second-order valence-electron chi connectivity index (χ2n) is 11.4. The third-order valence-corrected chi connectivity index (χ3v) is 7.86. The zero-order chi connectivity index (χ0) is 31.0. The van der Waals surface area contributed by atoms with Gasteiger partial charge in [-0.15, -0.1) is 0 Å². The molecule has 1 saturated heterocycles. The van der Waals surface area contributed by atoms with Crippen molar-refractivity contribution < 1.29 is 27.8 Å². The summed E-state index contributed by atoms with van der Waals surface area (Å²) in [4.78, 5) is 20.2. The van der Waals surface area contributed by atoms with Crippen LogP contribution < -0.4 is 20.5 Å². The quantitative estimate of drug-likeness (QED) is 0.276. The number of hydrogen-bond acceptors (Lipinski definition) is 8. The molecule has 2 aromatic carbocycles. The first kappa shape index (κ1) is 29.5. The maximum absolute atomic E-state index is 14.5. The van der Waals surface area contributed by atoms with Gasteiger partial charge in [-0.25, -0.2) is 13.5 Å². The van der Waals surface area contributed by atoms with Gasteiger partial charge in [-0.2, -0.15) is 5.10 Å². The SMILES string of the molecule is COc1cc2c(cc1-c1cncc(NCCCN)c1)-c1c(c(C(=O)N3CCOCC3(C)C)nn1-c1cc(F)cc(F)c1)CO2. The average molecular weight is 605 g/mol.